The summed E-state index contributed by atoms with van der Waals surface area (Å²) in [5, 5.41) is 2.22. The predicted molar refractivity (Wildman–Crippen MR) is 214 cm³/mol. The lowest BCUT2D eigenvalue weighted by Crippen LogP contribution is -2.32. The maximum absolute atomic E-state index is 6.64. The maximum atomic E-state index is 6.64. The molecule has 0 N–H and O–H groups in total. The van der Waals surface area contributed by atoms with E-state index >= 15 is 0 Å². The summed E-state index contributed by atoms with van der Waals surface area (Å²) >= 11 is 0. The first-order valence-electron chi connectivity index (χ1n) is 18.1. The molecule has 1 aliphatic carbocycles. The third-order valence-electron chi connectivity index (χ3n) is 10.9. The zero-order valence-electron chi connectivity index (χ0n) is 29.0. The van der Waals surface area contributed by atoms with Crippen LogP contribution in [-0.4, -0.2) is 19.9 Å². The summed E-state index contributed by atoms with van der Waals surface area (Å²) in [5.74, 6) is 3.53. The summed E-state index contributed by atoms with van der Waals surface area (Å²) in [4.78, 5) is 20.7. The third-order valence-corrected chi connectivity index (χ3v) is 10.9. The van der Waals surface area contributed by atoms with Crippen molar-refractivity contribution in [2.45, 2.75) is 5.41 Å². The third kappa shape index (κ3) is 4.39. The van der Waals surface area contributed by atoms with Gasteiger partial charge >= 0.3 is 0 Å². The molecule has 0 saturated heterocycles. The van der Waals surface area contributed by atoms with Crippen molar-refractivity contribution in [2.24, 2.45) is 0 Å². The van der Waals surface area contributed by atoms with Crippen molar-refractivity contribution in [3.05, 3.63) is 204 Å². The topological polar surface area (TPSA) is 60.8 Å². The van der Waals surface area contributed by atoms with Crippen molar-refractivity contribution in [3.8, 4) is 68.0 Å². The minimum Gasteiger partial charge on any atom is -0.457 e. The molecule has 2 aliphatic rings. The van der Waals surface area contributed by atoms with Crippen LogP contribution in [0.4, 0.5) is 0 Å². The molecule has 0 atom stereocenters. The van der Waals surface area contributed by atoms with E-state index in [1.54, 1.807) is 0 Å². The molecular formula is C49H30N4O. The van der Waals surface area contributed by atoms with Crippen molar-refractivity contribution in [1.82, 2.24) is 19.9 Å². The van der Waals surface area contributed by atoms with E-state index in [2.05, 4.69) is 133 Å². The predicted octanol–water partition coefficient (Wildman–Crippen LogP) is 11.6. The highest BCUT2D eigenvalue weighted by molar-refractivity contribution is 6.02. The van der Waals surface area contributed by atoms with Gasteiger partial charge in [-0.1, -0.05) is 152 Å². The van der Waals surface area contributed by atoms with E-state index < -0.39 is 5.41 Å². The Morgan fingerprint density at radius 1 is 0.389 bits per heavy atom. The van der Waals surface area contributed by atoms with Crippen LogP contribution in [0.25, 0.3) is 67.3 Å². The second kappa shape index (κ2) is 11.9. The minimum atomic E-state index is -0.676. The van der Waals surface area contributed by atoms with Gasteiger partial charge in [-0.05, 0) is 57.3 Å². The Balaban J connectivity index is 1.27. The van der Waals surface area contributed by atoms with Crippen LogP contribution in [0.5, 0.6) is 11.5 Å². The lowest BCUT2D eigenvalue weighted by molar-refractivity contribution is 0.436. The molecule has 0 radical (unpaired) electrons. The Morgan fingerprint density at radius 3 is 1.67 bits per heavy atom. The number of benzene rings is 7. The van der Waals surface area contributed by atoms with Gasteiger partial charge in [-0.25, -0.2) is 15.0 Å². The van der Waals surface area contributed by atoms with E-state index in [1.165, 1.54) is 5.56 Å². The number of hydrogen-bond donors (Lipinski definition) is 0. The summed E-state index contributed by atoms with van der Waals surface area (Å²) < 4.78 is 6.64. The maximum Gasteiger partial charge on any atom is 0.164 e. The normalized spacial score (nSPS) is 13.1. The van der Waals surface area contributed by atoms with E-state index in [0.717, 1.165) is 78.0 Å². The van der Waals surface area contributed by atoms with E-state index in [-0.39, 0.29) is 0 Å². The first-order chi connectivity index (χ1) is 26.8. The van der Waals surface area contributed by atoms with Crippen LogP contribution in [0.3, 0.4) is 0 Å². The summed E-state index contributed by atoms with van der Waals surface area (Å²) in [6.07, 6.45) is 1.86. The molecule has 0 unspecified atom stereocenters. The summed E-state index contributed by atoms with van der Waals surface area (Å²) in [6.45, 7) is 0. The molecule has 252 valence electrons. The van der Waals surface area contributed by atoms with Crippen molar-refractivity contribution in [2.75, 3.05) is 0 Å². The summed E-state index contributed by atoms with van der Waals surface area (Å²) in [6, 6.07) is 61.0. The second-order valence-electron chi connectivity index (χ2n) is 13.7. The van der Waals surface area contributed by atoms with Gasteiger partial charge in [-0.2, -0.15) is 0 Å². The first kappa shape index (κ1) is 30.4. The fourth-order valence-corrected chi connectivity index (χ4v) is 8.66. The number of para-hydroxylation sites is 2. The molecule has 0 saturated carbocycles. The van der Waals surface area contributed by atoms with Crippen LogP contribution >= 0.6 is 0 Å². The SMILES string of the molecule is c1ccc(-c2nc(-c3cccc4c3-c3c(-c5ccccn5)cccc3C43c4ccccc4Oc4ccccc43)nc(-c3cccc4ccccc34)n2)cc1. The van der Waals surface area contributed by atoms with Gasteiger partial charge in [0, 0.05) is 39.6 Å². The largest absolute Gasteiger partial charge is 0.457 e. The van der Waals surface area contributed by atoms with Crippen LogP contribution in [-0.2, 0) is 5.41 Å². The standard InChI is InChI=1S/C49H30N4O/c1-2-16-32(17-3-1)46-51-47(34-20-12-18-31-15-4-5-19-33(31)34)53-48(52-46)36-22-14-26-40-45(36)44-35(41-27-10-11-30-50-41)21-13-25-39(44)49(40)37-23-6-8-28-42(37)54-43-29-9-7-24-38(43)49/h1-30H. The Hall–Kier alpha value is -7.24. The van der Waals surface area contributed by atoms with Crippen LogP contribution < -0.4 is 4.74 Å². The van der Waals surface area contributed by atoms with Gasteiger partial charge < -0.3 is 4.74 Å². The molecule has 3 heterocycles. The van der Waals surface area contributed by atoms with Crippen LogP contribution in [0.1, 0.15) is 22.3 Å². The van der Waals surface area contributed by atoms with E-state index in [9.17, 15) is 0 Å². The van der Waals surface area contributed by atoms with Crippen molar-refractivity contribution >= 4 is 10.8 Å². The summed E-state index contributed by atoms with van der Waals surface area (Å²) in [5.41, 5.74) is 10.8. The molecule has 0 bridgehead atoms. The fraction of sp³-hybridized carbons (Fsp3) is 0.0204. The Bertz CT molecular complexity index is 2870. The van der Waals surface area contributed by atoms with Crippen molar-refractivity contribution < 1.29 is 4.74 Å². The Kier molecular flexibility index (Phi) is 6.70. The van der Waals surface area contributed by atoms with E-state index in [0.29, 0.717) is 17.5 Å². The van der Waals surface area contributed by atoms with Crippen LogP contribution in [0.15, 0.2) is 182 Å². The quantitative estimate of drug-likeness (QED) is 0.184. The highest BCUT2D eigenvalue weighted by Gasteiger charge is 2.52. The van der Waals surface area contributed by atoms with Crippen LogP contribution in [0, 0.1) is 0 Å². The molecule has 5 nitrogen and oxygen atoms in total. The highest BCUT2D eigenvalue weighted by atomic mass is 16.5. The Labute approximate surface area is 312 Å². The van der Waals surface area contributed by atoms with Gasteiger partial charge in [0.15, 0.2) is 17.5 Å². The van der Waals surface area contributed by atoms with Gasteiger partial charge in [-0.3, -0.25) is 4.98 Å². The smallest absolute Gasteiger partial charge is 0.164 e. The Morgan fingerprint density at radius 2 is 0.926 bits per heavy atom. The number of hydrogen-bond acceptors (Lipinski definition) is 5. The van der Waals surface area contributed by atoms with E-state index in [1.807, 2.05) is 48.7 Å². The molecule has 1 spiro atoms. The van der Waals surface area contributed by atoms with Gasteiger partial charge in [0.05, 0.1) is 11.1 Å². The number of nitrogens with zero attached hydrogens (tertiary/aromatic N) is 4. The van der Waals surface area contributed by atoms with Crippen molar-refractivity contribution in [1.29, 1.82) is 0 Å². The summed E-state index contributed by atoms with van der Waals surface area (Å²) in [7, 11) is 0. The lowest BCUT2D eigenvalue weighted by Gasteiger charge is -2.39. The average Bonchev–Trinajstić information content (AvgIpc) is 3.55. The zero-order valence-corrected chi connectivity index (χ0v) is 29.0. The van der Waals surface area contributed by atoms with Gasteiger partial charge in [0.25, 0.3) is 0 Å². The van der Waals surface area contributed by atoms with Gasteiger partial charge in [-0.15, -0.1) is 0 Å². The van der Waals surface area contributed by atoms with Crippen LogP contribution in [0.2, 0.25) is 0 Å². The molecule has 5 heteroatoms. The number of rotatable bonds is 4. The molecule has 54 heavy (non-hydrogen) atoms. The number of fused-ring (bicyclic) bond motifs is 10. The van der Waals surface area contributed by atoms with Gasteiger partial charge in [0.1, 0.15) is 11.5 Å². The molecule has 7 aromatic carbocycles. The van der Waals surface area contributed by atoms with E-state index in [4.69, 9.17) is 24.7 Å². The molecule has 0 fully saturated rings. The number of aromatic nitrogens is 4. The minimum absolute atomic E-state index is 0.607. The molecule has 2 aromatic heterocycles. The second-order valence-corrected chi connectivity index (χ2v) is 13.7. The molecular weight excluding hydrogens is 661 g/mol. The average molecular weight is 691 g/mol. The zero-order chi connectivity index (χ0) is 35.6. The molecule has 1 aliphatic heterocycles. The number of ether oxygens (including phenoxy) is 1. The monoisotopic (exact) mass is 690 g/mol. The highest BCUT2D eigenvalue weighted by Crippen LogP contribution is 2.64. The molecule has 9 aromatic rings. The molecule has 0 amide bonds. The van der Waals surface area contributed by atoms with Gasteiger partial charge in [0.2, 0.25) is 0 Å². The first-order valence-corrected chi connectivity index (χ1v) is 18.1. The number of pyridine rings is 1. The molecule has 11 rings (SSSR count). The lowest BCUT2D eigenvalue weighted by atomic mass is 9.66. The van der Waals surface area contributed by atoms with Crippen molar-refractivity contribution in [3.63, 3.8) is 0 Å². The fourth-order valence-electron chi connectivity index (χ4n) is 8.66.